The van der Waals surface area contributed by atoms with Crippen molar-refractivity contribution >= 4 is 12.4 Å². The molecule has 0 bridgehead atoms. The van der Waals surface area contributed by atoms with Crippen LogP contribution in [0.2, 0.25) is 0 Å². The fraction of sp³-hybridized carbons (Fsp3) is 0.636. The maximum absolute atomic E-state index is 10.7. The molecule has 0 aliphatic heterocycles. The van der Waals surface area contributed by atoms with E-state index in [4.69, 9.17) is 10.8 Å². The van der Waals surface area contributed by atoms with Crippen LogP contribution in [0.25, 0.3) is 0 Å². The van der Waals surface area contributed by atoms with Gasteiger partial charge in [0.05, 0.1) is 13.1 Å². The van der Waals surface area contributed by atoms with Crippen LogP contribution in [0.4, 0.5) is 4.79 Å². The van der Waals surface area contributed by atoms with Crippen LogP contribution in [-0.2, 0) is 4.79 Å². The van der Waals surface area contributed by atoms with E-state index >= 15 is 0 Å². The number of hydrogen-bond acceptors (Lipinski definition) is 3. The molecule has 92 valence electrons. The Kier molecular flexibility index (Phi) is 7.93. The van der Waals surface area contributed by atoms with Gasteiger partial charge in [0.1, 0.15) is 6.29 Å². The van der Waals surface area contributed by atoms with Crippen molar-refractivity contribution in [3.05, 3.63) is 11.8 Å². The lowest BCUT2D eigenvalue weighted by Gasteiger charge is -2.16. The van der Waals surface area contributed by atoms with Crippen LogP contribution in [0.1, 0.15) is 32.6 Å². The number of carboxylic acid groups (broad SMARTS) is 1. The molecule has 1 amide bonds. The van der Waals surface area contributed by atoms with Crippen molar-refractivity contribution in [3.8, 4) is 0 Å². The minimum absolute atomic E-state index is 0.0974. The third-order valence-electron chi connectivity index (χ3n) is 2.15. The number of hydrogen-bond donors (Lipinski definition) is 2. The molecule has 0 aliphatic carbocycles. The summed E-state index contributed by atoms with van der Waals surface area (Å²) in [6.45, 7) is 2.07. The zero-order valence-corrected chi connectivity index (χ0v) is 9.69. The second-order valence-electron chi connectivity index (χ2n) is 3.60. The summed E-state index contributed by atoms with van der Waals surface area (Å²) in [5.74, 6) is 0. The number of unbranched alkanes of at least 4 members (excludes halogenated alkanes) is 3. The van der Waals surface area contributed by atoms with Crippen LogP contribution in [0.15, 0.2) is 11.8 Å². The molecule has 0 unspecified atom stereocenters. The van der Waals surface area contributed by atoms with Crippen molar-refractivity contribution in [2.45, 2.75) is 32.6 Å². The normalized spacial score (nSPS) is 11.2. The summed E-state index contributed by atoms with van der Waals surface area (Å²) >= 11 is 0. The second kappa shape index (κ2) is 8.76. The molecular formula is C11H20N2O3. The highest BCUT2D eigenvalue weighted by molar-refractivity contribution is 5.69. The van der Waals surface area contributed by atoms with Crippen molar-refractivity contribution < 1.29 is 14.7 Å². The Morgan fingerprint density at radius 2 is 2.12 bits per heavy atom. The maximum atomic E-state index is 10.7. The summed E-state index contributed by atoms with van der Waals surface area (Å²) in [6, 6.07) is 0. The van der Waals surface area contributed by atoms with E-state index in [1.165, 1.54) is 0 Å². The number of nitrogens with zero attached hydrogens (tertiary/aromatic N) is 1. The fourth-order valence-electron chi connectivity index (χ4n) is 1.27. The van der Waals surface area contributed by atoms with E-state index in [0.29, 0.717) is 12.0 Å². The van der Waals surface area contributed by atoms with Crippen molar-refractivity contribution in [3.63, 3.8) is 0 Å². The molecule has 0 aromatic rings. The molecule has 0 radical (unpaired) electrons. The summed E-state index contributed by atoms with van der Waals surface area (Å²) in [4.78, 5) is 21.9. The smallest absolute Gasteiger partial charge is 0.408 e. The van der Waals surface area contributed by atoms with Gasteiger partial charge in [-0.15, -0.1) is 0 Å². The van der Waals surface area contributed by atoms with Gasteiger partial charge in [0, 0.05) is 5.70 Å². The molecule has 0 atom stereocenters. The minimum Gasteiger partial charge on any atom is -0.465 e. The first-order chi connectivity index (χ1) is 7.61. The highest BCUT2D eigenvalue weighted by atomic mass is 16.4. The predicted octanol–water partition coefficient (Wildman–Crippen LogP) is 1.59. The molecule has 5 nitrogen and oxygen atoms in total. The summed E-state index contributed by atoms with van der Waals surface area (Å²) in [5, 5.41) is 8.75. The van der Waals surface area contributed by atoms with E-state index in [1.807, 2.05) is 6.08 Å². The van der Waals surface area contributed by atoms with E-state index < -0.39 is 6.09 Å². The molecule has 0 rings (SSSR count). The van der Waals surface area contributed by atoms with Gasteiger partial charge in [-0.2, -0.15) is 0 Å². The van der Waals surface area contributed by atoms with Gasteiger partial charge >= 0.3 is 6.09 Å². The predicted molar refractivity (Wildman–Crippen MR) is 62.1 cm³/mol. The number of carbonyl (C=O) groups is 2. The van der Waals surface area contributed by atoms with Crippen LogP contribution in [0.5, 0.6) is 0 Å². The van der Waals surface area contributed by atoms with E-state index in [2.05, 4.69) is 6.92 Å². The van der Waals surface area contributed by atoms with E-state index in [-0.39, 0.29) is 13.1 Å². The number of carbonyl (C=O) groups excluding carboxylic acids is 1. The number of aldehydes is 1. The summed E-state index contributed by atoms with van der Waals surface area (Å²) in [7, 11) is 0. The average molecular weight is 228 g/mol. The number of amides is 1. The van der Waals surface area contributed by atoms with E-state index in [9.17, 15) is 9.59 Å². The highest BCUT2D eigenvalue weighted by Crippen LogP contribution is 2.02. The van der Waals surface area contributed by atoms with Crippen LogP contribution in [0.3, 0.4) is 0 Å². The molecule has 0 spiro atoms. The lowest BCUT2D eigenvalue weighted by atomic mass is 10.2. The zero-order chi connectivity index (χ0) is 12.4. The first-order valence-corrected chi connectivity index (χ1v) is 5.47. The van der Waals surface area contributed by atoms with Gasteiger partial charge in [0.15, 0.2) is 0 Å². The molecule has 0 aromatic carbocycles. The molecule has 0 aliphatic rings. The third kappa shape index (κ3) is 6.86. The molecule has 0 heterocycles. The summed E-state index contributed by atoms with van der Waals surface area (Å²) < 4.78 is 0. The molecule has 0 fully saturated rings. The Morgan fingerprint density at radius 1 is 1.44 bits per heavy atom. The second-order valence-corrected chi connectivity index (χ2v) is 3.60. The van der Waals surface area contributed by atoms with Gasteiger partial charge in [-0.05, 0) is 12.8 Å². The number of rotatable bonds is 8. The van der Waals surface area contributed by atoms with Crippen molar-refractivity contribution in [1.29, 1.82) is 0 Å². The van der Waals surface area contributed by atoms with Crippen LogP contribution >= 0.6 is 0 Å². The summed E-state index contributed by atoms with van der Waals surface area (Å²) in [6.07, 6.45) is 5.44. The molecule has 5 heteroatoms. The van der Waals surface area contributed by atoms with Crippen molar-refractivity contribution in [2.75, 3.05) is 13.1 Å². The standard InChI is InChI=1S/C11H20N2O3/c1-2-3-4-5-6-10(12)9-13(7-8-14)11(15)16/h6,8H,2-5,7,9,12H2,1H3,(H,15,16)/b10-6+. The van der Waals surface area contributed by atoms with E-state index in [1.54, 1.807) is 0 Å². The molecule has 0 aromatic heterocycles. The fourth-order valence-corrected chi connectivity index (χ4v) is 1.27. The third-order valence-corrected chi connectivity index (χ3v) is 2.15. The van der Waals surface area contributed by atoms with Crippen LogP contribution in [0, 0.1) is 0 Å². The zero-order valence-electron chi connectivity index (χ0n) is 9.69. The molecule has 0 saturated heterocycles. The van der Waals surface area contributed by atoms with Crippen molar-refractivity contribution in [2.24, 2.45) is 5.73 Å². The highest BCUT2D eigenvalue weighted by Gasteiger charge is 2.10. The average Bonchev–Trinajstić information content (AvgIpc) is 2.23. The Morgan fingerprint density at radius 3 is 2.62 bits per heavy atom. The molecule has 0 saturated carbocycles. The lowest BCUT2D eigenvalue weighted by Crippen LogP contribution is -2.34. The lowest BCUT2D eigenvalue weighted by molar-refractivity contribution is -0.108. The Labute approximate surface area is 95.9 Å². The van der Waals surface area contributed by atoms with Crippen LogP contribution in [-0.4, -0.2) is 35.5 Å². The minimum atomic E-state index is -1.13. The molecule has 16 heavy (non-hydrogen) atoms. The quantitative estimate of drug-likeness (QED) is 0.488. The van der Waals surface area contributed by atoms with Crippen molar-refractivity contribution in [1.82, 2.24) is 4.90 Å². The van der Waals surface area contributed by atoms with Gasteiger partial charge in [-0.1, -0.05) is 25.8 Å². The van der Waals surface area contributed by atoms with Gasteiger partial charge in [-0.3, -0.25) is 4.90 Å². The largest absolute Gasteiger partial charge is 0.465 e. The van der Waals surface area contributed by atoms with Gasteiger partial charge in [0.25, 0.3) is 0 Å². The first kappa shape index (κ1) is 14.5. The number of nitrogens with two attached hydrogens (primary N) is 1. The van der Waals surface area contributed by atoms with Gasteiger partial charge in [-0.25, -0.2) is 4.79 Å². The first-order valence-electron chi connectivity index (χ1n) is 5.47. The van der Waals surface area contributed by atoms with E-state index in [0.717, 1.165) is 30.6 Å². The Bertz CT molecular complexity index is 252. The van der Waals surface area contributed by atoms with Gasteiger partial charge < -0.3 is 15.6 Å². The maximum Gasteiger partial charge on any atom is 0.408 e. The van der Waals surface area contributed by atoms with Gasteiger partial charge in [0.2, 0.25) is 0 Å². The number of allylic oxidation sites excluding steroid dienone is 1. The monoisotopic (exact) mass is 228 g/mol. The molecule has 3 N–H and O–H groups in total. The van der Waals surface area contributed by atoms with Crippen LogP contribution < -0.4 is 5.73 Å². The Balaban J connectivity index is 4.01. The summed E-state index contributed by atoms with van der Waals surface area (Å²) in [5.41, 5.74) is 6.17. The topological polar surface area (TPSA) is 83.6 Å². The molecular weight excluding hydrogens is 208 g/mol. The SMILES string of the molecule is CCCCC/C=C(/N)CN(CC=O)C(=O)O. The Hall–Kier alpha value is -1.52.